The van der Waals surface area contributed by atoms with Gasteiger partial charge in [0, 0.05) is 36.5 Å². The van der Waals surface area contributed by atoms with E-state index in [9.17, 15) is 0 Å². The molecule has 1 aromatic carbocycles. The summed E-state index contributed by atoms with van der Waals surface area (Å²) in [5, 5.41) is 6.40. The van der Waals surface area contributed by atoms with E-state index in [4.69, 9.17) is 12.2 Å². The molecule has 2 unspecified atom stereocenters. The second-order valence-electron chi connectivity index (χ2n) is 6.88. The van der Waals surface area contributed by atoms with E-state index in [-0.39, 0.29) is 12.1 Å². The van der Waals surface area contributed by atoms with E-state index in [1.165, 1.54) is 16.1 Å². The molecule has 27 heavy (non-hydrogen) atoms. The van der Waals surface area contributed by atoms with Crippen LogP contribution < -0.4 is 15.1 Å². The Bertz CT molecular complexity index is 934. The Hall–Kier alpha value is -2.44. The highest BCUT2D eigenvalue weighted by molar-refractivity contribution is 7.80. The lowest BCUT2D eigenvalue weighted by molar-refractivity contribution is 0.573. The van der Waals surface area contributed by atoms with Crippen molar-refractivity contribution in [2.24, 2.45) is 0 Å². The second kappa shape index (κ2) is 7.29. The van der Waals surface area contributed by atoms with Gasteiger partial charge in [0.1, 0.15) is 0 Å². The average molecular weight is 395 g/mol. The van der Waals surface area contributed by atoms with Crippen molar-refractivity contribution in [2.75, 3.05) is 23.9 Å². The molecule has 2 aromatic heterocycles. The summed E-state index contributed by atoms with van der Waals surface area (Å²) < 4.78 is 0. The first-order valence-corrected chi connectivity index (χ1v) is 10.2. The van der Waals surface area contributed by atoms with Crippen LogP contribution in [0.3, 0.4) is 0 Å². The second-order valence-corrected chi connectivity index (χ2v) is 8.21. The summed E-state index contributed by atoms with van der Waals surface area (Å²) in [7, 11) is 4.10. The molecule has 4 rings (SSSR count). The van der Waals surface area contributed by atoms with Crippen LogP contribution in [0.5, 0.6) is 0 Å². The van der Waals surface area contributed by atoms with Gasteiger partial charge < -0.3 is 15.1 Å². The van der Waals surface area contributed by atoms with Gasteiger partial charge in [0.25, 0.3) is 0 Å². The fourth-order valence-electron chi connectivity index (χ4n) is 3.50. The minimum absolute atomic E-state index is 0.0181. The largest absolute Gasteiger partial charge is 0.378 e. The first-order valence-electron chi connectivity index (χ1n) is 8.88. The van der Waals surface area contributed by atoms with E-state index >= 15 is 0 Å². The van der Waals surface area contributed by atoms with Gasteiger partial charge in [-0.25, -0.2) is 0 Å². The maximum Gasteiger partial charge on any atom is 0.174 e. The molecular formula is C21H22N4S2. The lowest BCUT2D eigenvalue weighted by atomic mass is 10.0. The van der Waals surface area contributed by atoms with Crippen LogP contribution >= 0.6 is 23.6 Å². The Morgan fingerprint density at radius 2 is 1.89 bits per heavy atom. The number of aryl methyl sites for hydroxylation is 1. The van der Waals surface area contributed by atoms with E-state index in [2.05, 4.69) is 68.8 Å². The highest BCUT2D eigenvalue weighted by Gasteiger charge is 2.41. The number of hydrogen-bond donors (Lipinski definition) is 1. The standard InChI is InChI=1S/C21H22N4S2/c1-14-11-13-27-20(14)19-18(17-6-4-5-12-22-17)23-21(26)25(19)16-9-7-15(8-10-16)24(2)3/h4-13,18-19H,1-3H3,(H,23,26). The molecule has 3 aromatic rings. The number of thiophene rings is 1. The number of thiocarbonyl (C=S) groups is 1. The third-order valence-corrected chi connectivity index (χ3v) is 6.32. The van der Waals surface area contributed by atoms with E-state index < -0.39 is 0 Å². The fourth-order valence-corrected chi connectivity index (χ4v) is 4.90. The highest BCUT2D eigenvalue weighted by Crippen LogP contribution is 2.44. The Balaban J connectivity index is 1.79. The van der Waals surface area contributed by atoms with Crippen molar-refractivity contribution < 1.29 is 0 Å². The van der Waals surface area contributed by atoms with Crippen LogP contribution in [0.25, 0.3) is 0 Å². The maximum absolute atomic E-state index is 5.76. The third-order valence-electron chi connectivity index (χ3n) is 4.91. The molecule has 0 amide bonds. The first kappa shape index (κ1) is 17.9. The zero-order valence-corrected chi connectivity index (χ0v) is 17.2. The van der Waals surface area contributed by atoms with Crippen LogP contribution in [0.1, 0.15) is 28.2 Å². The van der Waals surface area contributed by atoms with E-state index in [0.717, 1.165) is 16.5 Å². The molecule has 0 spiro atoms. The van der Waals surface area contributed by atoms with E-state index in [1.54, 1.807) is 11.3 Å². The maximum atomic E-state index is 5.76. The van der Waals surface area contributed by atoms with Gasteiger partial charge in [-0.1, -0.05) is 6.07 Å². The Labute approximate surface area is 169 Å². The van der Waals surface area contributed by atoms with Crippen molar-refractivity contribution in [1.82, 2.24) is 10.3 Å². The van der Waals surface area contributed by atoms with Crippen molar-refractivity contribution in [2.45, 2.75) is 19.0 Å². The van der Waals surface area contributed by atoms with Gasteiger partial charge in [0.2, 0.25) is 0 Å². The third kappa shape index (κ3) is 3.31. The van der Waals surface area contributed by atoms with Crippen LogP contribution in [0.2, 0.25) is 0 Å². The molecule has 0 saturated carbocycles. The molecule has 2 atom stereocenters. The molecule has 1 aliphatic rings. The van der Waals surface area contributed by atoms with Gasteiger partial charge in [0.05, 0.1) is 17.8 Å². The normalized spacial score (nSPS) is 19.2. The van der Waals surface area contributed by atoms with Crippen LogP contribution in [0.4, 0.5) is 11.4 Å². The van der Waals surface area contributed by atoms with Crippen LogP contribution in [0.15, 0.2) is 60.1 Å². The molecule has 1 aliphatic heterocycles. The highest BCUT2D eigenvalue weighted by atomic mass is 32.1. The molecule has 0 radical (unpaired) electrons. The molecule has 1 saturated heterocycles. The number of nitrogens with zero attached hydrogens (tertiary/aromatic N) is 3. The summed E-state index contributed by atoms with van der Waals surface area (Å²) in [5.74, 6) is 0. The van der Waals surface area contributed by atoms with Gasteiger partial charge >= 0.3 is 0 Å². The first-order chi connectivity index (χ1) is 13.1. The van der Waals surface area contributed by atoms with Crippen LogP contribution in [0, 0.1) is 6.92 Å². The van der Waals surface area contributed by atoms with Crippen molar-refractivity contribution >= 4 is 40.0 Å². The molecule has 0 bridgehead atoms. The molecule has 1 fully saturated rings. The fraction of sp³-hybridized carbons (Fsp3) is 0.238. The number of aromatic nitrogens is 1. The van der Waals surface area contributed by atoms with E-state index in [1.807, 2.05) is 32.4 Å². The van der Waals surface area contributed by atoms with Crippen LogP contribution in [-0.2, 0) is 0 Å². The van der Waals surface area contributed by atoms with Crippen molar-refractivity contribution in [3.05, 3.63) is 76.2 Å². The molecule has 4 nitrogen and oxygen atoms in total. The summed E-state index contributed by atoms with van der Waals surface area (Å²) in [4.78, 5) is 10.2. The molecule has 0 aliphatic carbocycles. The van der Waals surface area contributed by atoms with Gasteiger partial charge in [-0.05, 0) is 72.5 Å². The van der Waals surface area contributed by atoms with Crippen molar-refractivity contribution in [3.63, 3.8) is 0 Å². The summed E-state index contributed by atoms with van der Waals surface area (Å²) in [5.41, 5.74) is 4.55. The summed E-state index contributed by atoms with van der Waals surface area (Å²) in [6.45, 7) is 2.16. The van der Waals surface area contributed by atoms with Crippen LogP contribution in [-0.4, -0.2) is 24.2 Å². The smallest absolute Gasteiger partial charge is 0.174 e. The topological polar surface area (TPSA) is 31.4 Å². The molecule has 3 heterocycles. The predicted molar refractivity (Wildman–Crippen MR) is 118 cm³/mol. The number of benzene rings is 1. The zero-order chi connectivity index (χ0) is 19.0. The summed E-state index contributed by atoms with van der Waals surface area (Å²) in [6.07, 6.45) is 1.84. The van der Waals surface area contributed by atoms with Crippen molar-refractivity contribution in [1.29, 1.82) is 0 Å². The number of anilines is 2. The van der Waals surface area contributed by atoms with E-state index in [0.29, 0.717) is 0 Å². The summed E-state index contributed by atoms with van der Waals surface area (Å²) >= 11 is 7.54. The minimum Gasteiger partial charge on any atom is -0.378 e. The van der Waals surface area contributed by atoms with Gasteiger partial charge in [-0.2, -0.15) is 0 Å². The molecular weight excluding hydrogens is 372 g/mol. The number of rotatable bonds is 4. The minimum atomic E-state index is 0.0181. The summed E-state index contributed by atoms with van der Waals surface area (Å²) in [6, 6.07) is 16.8. The average Bonchev–Trinajstić information content (AvgIpc) is 3.25. The number of nitrogens with one attached hydrogen (secondary N) is 1. The Morgan fingerprint density at radius 3 is 2.48 bits per heavy atom. The monoisotopic (exact) mass is 394 g/mol. The quantitative estimate of drug-likeness (QED) is 0.649. The predicted octanol–water partition coefficient (Wildman–Crippen LogP) is 4.69. The van der Waals surface area contributed by atoms with Gasteiger partial charge in [0.15, 0.2) is 5.11 Å². The number of pyridine rings is 1. The molecule has 1 N–H and O–H groups in total. The lowest BCUT2D eigenvalue weighted by Gasteiger charge is -2.28. The van der Waals surface area contributed by atoms with Crippen molar-refractivity contribution in [3.8, 4) is 0 Å². The van der Waals surface area contributed by atoms with Gasteiger partial charge in [-0.3, -0.25) is 4.98 Å². The SMILES string of the molecule is Cc1ccsc1C1C(c2ccccn2)NC(=S)N1c1ccc(N(C)C)cc1. The molecule has 6 heteroatoms. The van der Waals surface area contributed by atoms with Gasteiger partial charge in [-0.15, -0.1) is 11.3 Å². The Morgan fingerprint density at radius 1 is 1.11 bits per heavy atom. The number of hydrogen-bond acceptors (Lipinski definition) is 4. The Kier molecular flexibility index (Phi) is 4.85. The lowest BCUT2D eigenvalue weighted by Crippen LogP contribution is -2.29. The molecule has 138 valence electrons. The zero-order valence-electron chi connectivity index (χ0n) is 15.6.